The van der Waals surface area contributed by atoms with Crippen LogP contribution in [0, 0.1) is 11.3 Å². The smallest absolute Gasteiger partial charge is 0.235 e. The van der Waals surface area contributed by atoms with Crippen LogP contribution in [-0.2, 0) is 0 Å². The highest BCUT2D eigenvalue weighted by molar-refractivity contribution is 5.73. The Hall–Kier alpha value is -2.22. The Bertz CT molecular complexity index is 508. The van der Waals surface area contributed by atoms with Crippen molar-refractivity contribution in [3.05, 3.63) is 29.8 Å². The van der Waals surface area contributed by atoms with E-state index in [1.165, 1.54) is 16.7 Å². The predicted molar refractivity (Wildman–Crippen MR) is 43.1 cm³/mol. The molecule has 5 heteroatoms. The van der Waals surface area contributed by atoms with Crippen LogP contribution in [0.4, 0.5) is 0 Å². The number of nitriles is 1. The molecule has 0 saturated heterocycles. The van der Waals surface area contributed by atoms with Crippen molar-refractivity contribution < 1.29 is 4.79 Å². The summed E-state index contributed by atoms with van der Waals surface area (Å²) in [6.07, 6.45) is 3.70. The third-order valence-corrected chi connectivity index (χ3v) is 1.64. The summed E-state index contributed by atoms with van der Waals surface area (Å²) >= 11 is 0. The van der Waals surface area contributed by atoms with Crippen LogP contribution in [0.15, 0.2) is 18.5 Å². The number of imidazole rings is 1. The lowest BCUT2D eigenvalue weighted by Gasteiger charge is -1.92. The first-order valence-corrected chi connectivity index (χ1v) is 3.54. The minimum absolute atomic E-state index is 0.288. The van der Waals surface area contributed by atoms with Gasteiger partial charge in [0.25, 0.3) is 0 Å². The molecule has 0 aliphatic heterocycles. The molecule has 0 saturated carbocycles. The first-order chi connectivity index (χ1) is 6.35. The van der Waals surface area contributed by atoms with Crippen LogP contribution < -0.4 is 0 Å². The molecular formula is C8H4N4O. The van der Waals surface area contributed by atoms with E-state index in [0.29, 0.717) is 17.8 Å². The molecule has 13 heavy (non-hydrogen) atoms. The maximum Gasteiger partial charge on any atom is 0.235 e. The molecule has 0 fully saturated rings. The first-order valence-electron chi connectivity index (χ1n) is 3.54. The molecule has 0 bridgehead atoms. The van der Waals surface area contributed by atoms with E-state index in [0.717, 1.165) is 0 Å². The van der Waals surface area contributed by atoms with E-state index in [1.807, 2.05) is 6.07 Å². The van der Waals surface area contributed by atoms with Crippen molar-refractivity contribution in [1.29, 1.82) is 5.26 Å². The minimum Gasteiger partial charge on any atom is -0.296 e. The fraction of sp³-hybridized carbons (Fsp3) is 0. The highest BCUT2D eigenvalue weighted by Gasteiger charge is 2.02. The van der Waals surface area contributed by atoms with E-state index < -0.39 is 0 Å². The van der Waals surface area contributed by atoms with Gasteiger partial charge in [-0.05, 0) is 6.07 Å². The van der Waals surface area contributed by atoms with Crippen molar-refractivity contribution in [3.63, 3.8) is 0 Å². The van der Waals surface area contributed by atoms with Gasteiger partial charge in [-0.15, -0.1) is 0 Å². The van der Waals surface area contributed by atoms with Crippen molar-refractivity contribution in [3.8, 4) is 6.07 Å². The van der Waals surface area contributed by atoms with Gasteiger partial charge in [0.1, 0.15) is 17.5 Å². The molecule has 0 spiro atoms. The molecule has 0 atom stereocenters. The summed E-state index contributed by atoms with van der Waals surface area (Å²) in [5, 5.41) is 8.54. The summed E-state index contributed by atoms with van der Waals surface area (Å²) in [7, 11) is 0. The number of fused-ring (bicyclic) bond motifs is 1. The quantitative estimate of drug-likeness (QED) is 0.584. The van der Waals surface area contributed by atoms with Crippen LogP contribution in [-0.4, -0.2) is 20.7 Å². The first kappa shape index (κ1) is 7.43. The van der Waals surface area contributed by atoms with Crippen LogP contribution in [0.1, 0.15) is 16.2 Å². The predicted octanol–water partition coefficient (Wildman–Crippen LogP) is 0.413. The molecule has 0 amide bonds. The molecule has 2 rings (SSSR count). The number of nitrogens with zero attached hydrogens (tertiary/aromatic N) is 4. The number of hydrogen-bond donors (Lipinski definition) is 0. The van der Waals surface area contributed by atoms with Gasteiger partial charge >= 0.3 is 0 Å². The lowest BCUT2D eigenvalue weighted by molar-refractivity contribution is 0.111. The average Bonchev–Trinajstić information content (AvgIpc) is 2.59. The van der Waals surface area contributed by atoms with Crippen molar-refractivity contribution in [2.24, 2.45) is 0 Å². The molecule has 0 aliphatic rings. The Balaban J connectivity index is 2.76. The molecule has 0 N–H and O–H groups in total. The molecule has 0 unspecified atom stereocenters. The van der Waals surface area contributed by atoms with Gasteiger partial charge in [-0.3, -0.25) is 9.20 Å². The molecule has 0 radical (unpaired) electrons. The van der Waals surface area contributed by atoms with E-state index >= 15 is 0 Å². The topological polar surface area (TPSA) is 71.0 Å². The van der Waals surface area contributed by atoms with Crippen LogP contribution in [0.5, 0.6) is 0 Å². The highest BCUT2D eigenvalue weighted by Crippen LogP contribution is 2.02. The Labute approximate surface area is 73.3 Å². The van der Waals surface area contributed by atoms with Crippen LogP contribution >= 0.6 is 0 Å². The lowest BCUT2D eigenvalue weighted by Crippen LogP contribution is -1.94. The Kier molecular flexibility index (Phi) is 1.53. The van der Waals surface area contributed by atoms with Crippen molar-refractivity contribution >= 4 is 12.1 Å². The van der Waals surface area contributed by atoms with E-state index in [-0.39, 0.29) is 5.69 Å². The van der Waals surface area contributed by atoms with Gasteiger partial charge < -0.3 is 0 Å². The summed E-state index contributed by atoms with van der Waals surface area (Å²) in [6, 6.07) is 3.42. The summed E-state index contributed by atoms with van der Waals surface area (Å²) in [5.41, 5.74) is 0.711. The van der Waals surface area contributed by atoms with E-state index in [9.17, 15) is 4.79 Å². The van der Waals surface area contributed by atoms with Gasteiger partial charge in [0.2, 0.25) is 5.78 Å². The number of carbonyl (C=O) groups is 1. The summed E-state index contributed by atoms with van der Waals surface area (Å²) in [6.45, 7) is 0. The van der Waals surface area contributed by atoms with E-state index in [4.69, 9.17) is 5.26 Å². The normalized spacial score (nSPS) is 9.77. The van der Waals surface area contributed by atoms with Crippen LogP contribution in [0.2, 0.25) is 0 Å². The fourth-order valence-corrected chi connectivity index (χ4v) is 1.04. The maximum atomic E-state index is 10.5. The largest absolute Gasteiger partial charge is 0.296 e. The Morgan fingerprint density at radius 2 is 2.46 bits per heavy atom. The second kappa shape index (κ2) is 2.68. The fourth-order valence-electron chi connectivity index (χ4n) is 1.04. The molecule has 2 aromatic heterocycles. The van der Waals surface area contributed by atoms with Crippen molar-refractivity contribution in [2.45, 2.75) is 0 Å². The number of rotatable bonds is 1. The highest BCUT2D eigenvalue weighted by atomic mass is 16.1. The average molecular weight is 172 g/mol. The molecular weight excluding hydrogens is 168 g/mol. The van der Waals surface area contributed by atoms with Gasteiger partial charge in [0.05, 0.1) is 6.20 Å². The number of carbonyl (C=O) groups excluding carboxylic acids is 1. The monoisotopic (exact) mass is 172 g/mol. The van der Waals surface area contributed by atoms with Crippen LogP contribution in [0.3, 0.4) is 0 Å². The lowest BCUT2D eigenvalue weighted by atomic mass is 10.4. The van der Waals surface area contributed by atoms with Gasteiger partial charge in [-0.2, -0.15) is 5.26 Å². The van der Waals surface area contributed by atoms with Crippen LogP contribution in [0.25, 0.3) is 5.78 Å². The van der Waals surface area contributed by atoms with E-state index in [2.05, 4.69) is 9.97 Å². The number of aldehydes is 1. The molecule has 0 aliphatic carbocycles. The van der Waals surface area contributed by atoms with Crippen molar-refractivity contribution in [1.82, 2.24) is 14.4 Å². The Morgan fingerprint density at radius 3 is 3.15 bits per heavy atom. The zero-order chi connectivity index (χ0) is 9.26. The second-order valence-electron chi connectivity index (χ2n) is 2.40. The summed E-state index contributed by atoms with van der Waals surface area (Å²) in [4.78, 5) is 18.2. The standard InChI is InChI=1S/C8H4N4O/c9-3-6-1-2-12-7(5-13)4-10-8(12)11-6/h1-2,4-5H. The summed E-state index contributed by atoms with van der Waals surface area (Å²) < 4.78 is 1.52. The third-order valence-electron chi connectivity index (χ3n) is 1.64. The van der Waals surface area contributed by atoms with E-state index in [1.54, 1.807) is 6.20 Å². The maximum absolute atomic E-state index is 10.5. The van der Waals surface area contributed by atoms with Gasteiger partial charge in [-0.1, -0.05) is 0 Å². The molecule has 5 nitrogen and oxygen atoms in total. The van der Waals surface area contributed by atoms with Gasteiger partial charge in [0.15, 0.2) is 6.29 Å². The molecule has 62 valence electrons. The Morgan fingerprint density at radius 1 is 1.62 bits per heavy atom. The molecule has 0 aromatic carbocycles. The molecule has 2 aromatic rings. The van der Waals surface area contributed by atoms with Crippen molar-refractivity contribution in [2.75, 3.05) is 0 Å². The number of hydrogen-bond acceptors (Lipinski definition) is 4. The van der Waals surface area contributed by atoms with Gasteiger partial charge in [0, 0.05) is 6.20 Å². The minimum atomic E-state index is 0.288. The third kappa shape index (κ3) is 1.05. The second-order valence-corrected chi connectivity index (χ2v) is 2.40. The number of aromatic nitrogens is 3. The SMILES string of the molecule is N#Cc1ccn2c(C=O)cnc2n1. The zero-order valence-corrected chi connectivity index (χ0v) is 6.51. The van der Waals surface area contributed by atoms with Gasteiger partial charge in [-0.25, -0.2) is 9.97 Å². The summed E-state index contributed by atoms with van der Waals surface area (Å²) in [5.74, 6) is 0.362. The molecule has 2 heterocycles. The zero-order valence-electron chi connectivity index (χ0n) is 6.51.